The molecule has 0 unspecified atom stereocenters. The third-order valence-corrected chi connectivity index (χ3v) is 4.65. The normalized spacial score (nSPS) is 11.9. The lowest BCUT2D eigenvalue weighted by Gasteiger charge is -2.28. The van der Waals surface area contributed by atoms with Crippen molar-refractivity contribution in [2.45, 2.75) is 33.1 Å². The fourth-order valence-corrected chi connectivity index (χ4v) is 2.99. The fourth-order valence-electron chi connectivity index (χ4n) is 1.45. The summed E-state index contributed by atoms with van der Waals surface area (Å²) in [7, 11) is 0. The Bertz CT molecular complexity index is 221. The molecule has 74 valence electrons. The summed E-state index contributed by atoms with van der Waals surface area (Å²) in [6.07, 6.45) is 3.54. The molecule has 0 bridgehead atoms. The quantitative estimate of drug-likeness (QED) is 0.734. The first-order chi connectivity index (χ1) is 6.26. The van der Waals surface area contributed by atoms with Gasteiger partial charge < -0.3 is 0 Å². The summed E-state index contributed by atoms with van der Waals surface area (Å²) in [6.45, 7) is 4.52. The summed E-state index contributed by atoms with van der Waals surface area (Å²) in [5, 5.41) is 3.23. The average Bonchev–Trinajstić information content (AvgIpc) is 2.67. The summed E-state index contributed by atoms with van der Waals surface area (Å²) in [5.74, 6) is 0. The van der Waals surface area contributed by atoms with E-state index >= 15 is 0 Å². The van der Waals surface area contributed by atoms with E-state index in [2.05, 4.69) is 40.1 Å². The van der Waals surface area contributed by atoms with Gasteiger partial charge in [-0.3, -0.25) is 0 Å². The van der Waals surface area contributed by atoms with E-state index in [1.54, 1.807) is 11.3 Å². The molecule has 0 saturated heterocycles. The molecule has 1 heterocycles. The van der Waals surface area contributed by atoms with Gasteiger partial charge in [-0.05, 0) is 24.7 Å². The molecule has 0 N–H and O–H groups in total. The van der Waals surface area contributed by atoms with Crippen LogP contribution < -0.4 is 0 Å². The van der Waals surface area contributed by atoms with Gasteiger partial charge in [-0.1, -0.05) is 29.8 Å². The lowest BCUT2D eigenvalue weighted by Crippen LogP contribution is -2.23. The minimum Gasteiger partial charge on any atom is -0.250 e. The number of nitrogens with zero attached hydrogens (tertiary/aromatic N) is 1. The Morgan fingerprint density at radius 1 is 1.46 bits per heavy atom. The largest absolute Gasteiger partial charge is 0.250 e. The van der Waals surface area contributed by atoms with E-state index in [1.165, 1.54) is 18.5 Å². The van der Waals surface area contributed by atoms with Crippen LogP contribution in [0.1, 0.15) is 32.4 Å². The molecule has 0 aliphatic rings. The van der Waals surface area contributed by atoms with Crippen LogP contribution in [0.25, 0.3) is 0 Å². The van der Waals surface area contributed by atoms with Crippen molar-refractivity contribution in [1.29, 1.82) is 0 Å². The maximum atomic E-state index is 4.34. The van der Waals surface area contributed by atoms with Gasteiger partial charge in [0.25, 0.3) is 0 Å². The Balaban J connectivity index is 2.67. The zero-order valence-corrected chi connectivity index (χ0v) is 10.6. The summed E-state index contributed by atoms with van der Waals surface area (Å²) in [6, 6.07) is 0. The second kappa shape index (κ2) is 5.11. The SMILES string of the molecule is CCC(CC)(CBr)Cc1cscn1. The van der Waals surface area contributed by atoms with Gasteiger partial charge in [-0.2, -0.15) is 0 Å². The molecule has 0 spiro atoms. The van der Waals surface area contributed by atoms with Gasteiger partial charge in [-0.15, -0.1) is 11.3 Å². The van der Waals surface area contributed by atoms with Crippen LogP contribution in [-0.4, -0.2) is 10.3 Å². The molecule has 0 saturated carbocycles. The Kier molecular flexibility index (Phi) is 4.39. The molecular formula is C10H16BrNS. The molecule has 0 aromatic carbocycles. The topological polar surface area (TPSA) is 12.9 Å². The van der Waals surface area contributed by atoms with Crippen LogP contribution in [0.5, 0.6) is 0 Å². The zero-order chi connectivity index (χ0) is 9.73. The molecule has 1 rings (SSSR count). The minimum absolute atomic E-state index is 0.411. The smallest absolute Gasteiger partial charge is 0.0794 e. The second-order valence-corrected chi connectivity index (χ2v) is 4.78. The predicted octanol–water partition coefficient (Wildman–Crippen LogP) is 3.89. The molecule has 0 atom stereocenters. The molecule has 1 aromatic heterocycles. The van der Waals surface area contributed by atoms with Gasteiger partial charge in [0.1, 0.15) is 0 Å². The Morgan fingerprint density at radius 3 is 2.54 bits per heavy atom. The van der Waals surface area contributed by atoms with Crippen molar-refractivity contribution in [3.8, 4) is 0 Å². The van der Waals surface area contributed by atoms with Crippen molar-refractivity contribution in [2.24, 2.45) is 5.41 Å². The first-order valence-electron chi connectivity index (χ1n) is 4.69. The van der Waals surface area contributed by atoms with Crippen LogP contribution in [-0.2, 0) is 6.42 Å². The molecule has 13 heavy (non-hydrogen) atoms. The number of aromatic nitrogens is 1. The maximum Gasteiger partial charge on any atom is 0.0794 e. The minimum atomic E-state index is 0.411. The van der Waals surface area contributed by atoms with Crippen molar-refractivity contribution < 1.29 is 0 Å². The van der Waals surface area contributed by atoms with Crippen molar-refractivity contribution in [1.82, 2.24) is 4.98 Å². The third-order valence-electron chi connectivity index (χ3n) is 2.82. The molecule has 1 aromatic rings. The van der Waals surface area contributed by atoms with E-state index in [9.17, 15) is 0 Å². The van der Waals surface area contributed by atoms with E-state index in [1.807, 2.05) is 5.51 Å². The van der Waals surface area contributed by atoms with Gasteiger partial charge in [0, 0.05) is 10.7 Å². The summed E-state index contributed by atoms with van der Waals surface area (Å²) >= 11 is 5.30. The number of thiazole rings is 1. The number of hydrogen-bond acceptors (Lipinski definition) is 2. The van der Waals surface area contributed by atoms with Gasteiger partial charge >= 0.3 is 0 Å². The fraction of sp³-hybridized carbons (Fsp3) is 0.700. The molecule has 0 radical (unpaired) electrons. The monoisotopic (exact) mass is 261 g/mol. The highest BCUT2D eigenvalue weighted by Gasteiger charge is 2.25. The van der Waals surface area contributed by atoms with Crippen molar-refractivity contribution >= 4 is 27.3 Å². The van der Waals surface area contributed by atoms with E-state index in [0.29, 0.717) is 5.41 Å². The molecule has 0 aliphatic heterocycles. The van der Waals surface area contributed by atoms with Gasteiger partial charge in [0.15, 0.2) is 0 Å². The van der Waals surface area contributed by atoms with Crippen LogP contribution >= 0.6 is 27.3 Å². The molecule has 3 heteroatoms. The van der Waals surface area contributed by atoms with E-state index in [-0.39, 0.29) is 0 Å². The van der Waals surface area contributed by atoms with Crippen LogP contribution in [0, 0.1) is 5.41 Å². The van der Waals surface area contributed by atoms with E-state index in [0.717, 1.165) is 11.8 Å². The third kappa shape index (κ3) is 2.78. The van der Waals surface area contributed by atoms with Crippen molar-refractivity contribution in [3.63, 3.8) is 0 Å². The first kappa shape index (κ1) is 11.2. The summed E-state index contributed by atoms with van der Waals surface area (Å²) < 4.78 is 0. The highest BCUT2D eigenvalue weighted by molar-refractivity contribution is 9.09. The number of alkyl halides is 1. The van der Waals surface area contributed by atoms with Crippen molar-refractivity contribution in [2.75, 3.05) is 5.33 Å². The average molecular weight is 262 g/mol. The zero-order valence-electron chi connectivity index (χ0n) is 8.22. The van der Waals surface area contributed by atoms with E-state index in [4.69, 9.17) is 0 Å². The van der Waals surface area contributed by atoms with Crippen molar-refractivity contribution in [3.05, 3.63) is 16.6 Å². The molecule has 1 nitrogen and oxygen atoms in total. The molecule has 0 amide bonds. The van der Waals surface area contributed by atoms with Gasteiger partial charge in [0.05, 0.1) is 11.2 Å². The molecule has 0 fully saturated rings. The molecular weight excluding hydrogens is 246 g/mol. The molecule has 0 aliphatic carbocycles. The van der Waals surface area contributed by atoms with Gasteiger partial charge in [-0.25, -0.2) is 4.98 Å². The highest BCUT2D eigenvalue weighted by Crippen LogP contribution is 2.32. The van der Waals surface area contributed by atoms with Crippen LogP contribution in [0.3, 0.4) is 0 Å². The Hall–Kier alpha value is 0.110. The number of hydrogen-bond donors (Lipinski definition) is 0. The lowest BCUT2D eigenvalue weighted by molar-refractivity contribution is 0.304. The summed E-state index contributed by atoms with van der Waals surface area (Å²) in [5.41, 5.74) is 3.57. The first-order valence-corrected chi connectivity index (χ1v) is 6.76. The number of rotatable bonds is 5. The van der Waals surface area contributed by atoms with Crippen LogP contribution in [0.15, 0.2) is 10.9 Å². The maximum absolute atomic E-state index is 4.34. The van der Waals surface area contributed by atoms with E-state index < -0.39 is 0 Å². The predicted molar refractivity (Wildman–Crippen MR) is 62.6 cm³/mol. The summed E-state index contributed by atoms with van der Waals surface area (Å²) in [4.78, 5) is 4.34. The standard InChI is InChI=1S/C10H16BrNS/c1-3-10(4-2,7-11)5-9-6-13-8-12-9/h6,8H,3-5,7H2,1-2H3. The number of halogens is 1. The highest BCUT2D eigenvalue weighted by atomic mass is 79.9. The van der Waals surface area contributed by atoms with Gasteiger partial charge in [0.2, 0.25) is 0 Å². The Morgan fingerprint density at radius 2 is 2.15 bits per heavy atom. The second-order valence-electron chi connectivity index (χ2n) is 3.50. The van der Waals surface area contributed by atoms with Crippen LogP contribution in [0.4, 0.5) is 0 Å². The lowest BCUT2D eigenvalue weighted by atomic mass is 9.80. The van der Waals surface area contributed by atoms with Crippen LogP contribution in [0.2, 0.25) is 0 Å². The Labute approximate surface area is 92.7 Å².